The number of nitrogens with one attached hydrogen (secondary N) is 2. The number of ether oxygens (including phenoxy) is 1. The van der Waals surface area contributed by atoms with E-state index in [0.717, 1.165) is 41.8 Å². The zero-order chi connectivity index (χ0) is 22.6. The van der Waals surface area contributed by atoms with Gasteiger partial charge in [0.15, 0.2) is 0 Å². The molecule has 162 valence electrons. The topological polar surface area (TPSA) is 112 Å². The number of fused-ring (bicyclic) bond motifs is 1. The highest BCUT2D eigenvalue weighted by Crippen LogP contribution is 2.35. The maximum atomic E-state index is 9.19. The molecule has 5 rings (SSSR count). The number of benzene rings is 2. The highest BCUT2D eigenvalue weighted by molar-refractivity contribution is 5.87. The first kappa shape index (κ1) is 20.4. The van der Waals surface area contributed by atoms with Gasteiger partial charge in [-0.2, -0.15) is 10.4 Å². The minimum atomic E-state index is -0.0712. The zero-order valence-electron chi connectivity index (χ0n) is 17.8. The molecule has 1 aliphatic carbocycles. The van der Waals surface area contributed by atoms with Crippen LogP contribution in [-0.4, -0.2) is 26.0 Å². The third-order valence-electron chi connectivity index (χ3n) is 5.61. The van der Waals surface area contributed by atoms with Gasteiger partial charge < -0.3 is 15.5 Å². The fourth-order valence-corrected chi connectivity index (χ4v) is 4.03. The Morgan fingerprint density at radius 3 is 2.88 bits per heavy atom. The summed E-state index contributed by atoms with van der Waals surface area (Å²) in [5.74, 6) is 1.19. The average molecular weight is 435 g/mol. The van der Waals surface area contributed by atoms with Gasteiger partial charge in [0.25, 0.3) is 0 Å². The molecule has 1 aliphatic rings. The third kappa shape index (κ3) is 4.29. The van der Waals surface area contributed by atoms with E-state index in [1.165, 1.54) is 11.8 Å². The number of nitrogens with zero attached hydrogens (tertiary/aromatic N) is 5. The molecular formula is C25H21N7O. The van der Waals surface area contributed by atoms with Crippen LogP contribution in [0.15, 0.2) is 67.3 Å². The van der Waals surface area contributed by atoms with Gasteiger partial charge in [-0.25, -0.2) is 14.6 Å². The van der Waals surface area contributed by atoms with Crippen LogP contribution in [0.25, 0.3) is 5.95 Å². The molecule has 8 nitrogen and oxygen atoms in total. The molecule has 4 aromatic rings. The van der Waals surface area contributed by atoms with Crippen molar-refractivity contribution in [2.45, 2.75) is 25.4 Å². The molecule has 0 saturated carbocycles. The van der Waals surface area contributed by atoms with Crippen molar-refractivity contribution in [2.24, 2.45) is 0 Å². The summed E-state index contributed by atoms with van der Waals surface area (Å²) in [5.41, 5.74) is 5.21. The van der Waals surface area contributed by atoms with E-state index in [4.69, 9.17) is 10.1 Å². The predicted octanol–water partition coefficient (Wildman–Crippen LogP) is 4.73. The summed E-state index contributed by atoms with van der Waals surface area (Å²) in [6, 6.07) is 15.4. The molecule has 1 unspecified atom stereocenters. The Kier molecular flexibility index (Phi) is 5.52. The van der Waals surface area contributed by atoms with Crippen LogP contribution in [0.2, 0.25) is 0 Å². The lowest BCUT2D eigenvalue weighted by atomic mass is 9.88. The molecule has 0 fully saturated rings. The molecule has 2 aromatic heterocycles. The summed E-state index contributed by atoms with van der Waals surface area (Å²) in [4.78, 5) is 8.40. The van der Waals surface area contributed by atoms with Crippen molar-refractivity contribution in [3.05, 3.63) is 89.5 Å². The van der Waals surface area contributed by atoms with Crippen LogP contribution in [-0.2, 0) is 6.42 Å². The van der Waals surface area contributed by atoms with Gasteiger partial charge in [0.2, 0.25) is 5.95 Å². The molecular weight excluding hydrogens is 414 g/mol. The summed E-state index contributed by atoms with van der Waals surface area (Å²) >= 11 is 0. The molecule has 2 aromatic carbocycles. The van der Waals surface area contributed by atoms with Gasteiger partial charge in [0.05, 0.1) is 35.4 Å². The predicted molar refractivity (Wildman–Crippen MR) is 124 cm³/mol. The second-order valence-corrected chi connectivity index (χ2v) is 7.76. The second-order valence-electron chi connectivity index (χ2n) is 7.76. The molecule has 33 heavy (non-hydrogen) atoms. The number of anilines is 2. The number of aromatic nitrogens is 4. The van der Waals surface area contributed by atoms with E-state index < -0.39 is 0 Å². The van der Waals surface area contributed by atoms with Gasteiger partial charge in [-0.05, 0) is 60.7 Å². The summed E-state index contributed by atoms with van der Waals surface area (Å²) in [5, 5.41) is 24.6. The first-order chi connectivity index (χ1) is 16.2. The number of nitriles is 1. The lowest BCUT2D eigenvalue weighted by Crippen LogP contribution is -2.15. The van der Waals surface area contributed by atoms with Crippen molar-refractivity contribution in [3.63, 3.8) is 0 Å². The number of hydrogen-bond acceptors (Lipinski definition) is 7. The van der Waals surface area contributed by atoms with Crippen molar-refractivity contribution in [2.75, 3.05) is 5.32 Å². The van der Waals surface area contributed by atoms with Crippen molar-refractivity contribution >= 4 is 17.6 Å². The molecule has 0 spiro atoms. The van der Waals surface area contributed by atoms with Crippen LogP contribution in [0.1, 0.15) is 41.2 Å². The molecule has 0 bridgehead atoms. The van der Waals surface area contributed by atoms with Crippen LogP contribution in [0.5, 0.6) is 5.75 Å². The smallest absolute Gasteiger partial charge is 0.250 e. The molecule has 2 N–H and O–H groups in total. The maximum Gasteiger partial charge on any atom is 0.250 e. The van der Waals surface area contributed by atoms with Crippen LogP contribution in [0.4, 0.5) is 11.4 Å². The van der Waals surface area contributed by atoms with Gasteiger partial charge in [-0.1, -0.05) is 6.07 Å². The normalized spacial score (nSPS) is 14.7. The van der Waals surface area contributed by atoms with E-state index in [9.17, 15) is 5.26 Å². The van der Waals surface area contributed by atoms with E-state index in [1.807, 2.05) is 36.4 Å². The van der Waals surface area contributed by atoms with Crippen molar-refractivity contribution in [1.29, 1.82) is 10.7 Å². The molecule has 8 heteroatoms. The average Bonchev–Trinajstić information content (AvgIpc) is 3.33. The fourth-order valence-electron chi connectivity index (χ4n) is 4.03. The van der Waals surface area contributed by atoms with E-state index >= 15 is 0 Å². The SMILES string of the molecule is N#Cc1ccc2c(c1)CCCC2Oc1ccc(C=N)c(Nc2cnn(-c3ncccn3)c2)c1. The van der Waals surface area contributed by atoms with Crippen LogP contribution in [0, 0.1) is 16.7 Å². The quantitative estimate of drug-likeness (QED) is 0.423. The Bertz CT molecular complexity index is 1340. The van der Waals surface area contributed by atoms with E-state index in [0.29, 0.717) is 17.3 Å². The summed E-state index contributed by atoms with van der Waals surface area (Å²) in [7, 11) is 0. The van der Waals surface area contributed by atoms with Gasteiger partial charge in [-0.3, -0.25) is 0 Å². The molecule has 0 radical (unpaired) electrons. The van der Waals surface area contributed by atoms with Crippen LogP contribution >= 0.6 is 0 Å². The zero-order valence-corrected chi connectivity index (χ0v) is 17.8. The Hall–Kier alpha value is -4.51. The van der Waals surface area contributed by atoms with Crippen LogP contribution < -0.4 is 10.1 Å². The van der Waals surface area contributed by atoms with E-state index in [-0.39, 0.29) is 6.10 Å². The largest absolute Gasteiger partial charge is 0.486 e. The van der Waals surface area contributed by atoms with Gasteiger partial charge >= 0.3 is 0 Å². The van der Waals surface area contributed by atoms with Crippen molar-refractivity contribution in [3.8, 4) is 17.8 Å². The number of aryl methyl sites for hydroxylation is 1. The standard InChI is InChI=1S/C25H21N7O/c26-13-17-5-8-22-18(11-17)3-1-4-24(22)33-21-7-6-19(14-27)23(12-21)31-20-15-30-32(16-20)25-28-9-2-10-29-25/h2,5-12,14-16,24,27,31H,1,3-4H2. The molecule has 1 atom stereocenters. The Labute approximate surface area is 191 Å². The Balaban J connectivity index is 1.38. The first-order valence-corrected chi connectivity index (χ1v) is 10.7. The maximum absolute atomic E-state index is 9.19. The van der Waals surface area contributed by atoms with Crippen LogP contribution in [0.3, 0.4) is 0 Å². The molecule has 0 amide bonds. The minimum absolute atomic E-state index is 0.0712. The van der Waals surface area contributed by atoms with Crippen molar-refractivity contribution in [1.82, 2.24) is 19.7 Å². The number of rotatable bonds is 6. The summed E-state index contributed by atoms with van der Waals surface area (Å²) in [6.45, 7) is 0. The summed E-state index contributed by atoms with van der Waals surface area (Å²) < 4.78 is 7.95. The third-order valence-corrected chi connectivity index (χ3v) is 5.61. The van der Waals surface area contributed by atoms with Crippen molar-refractivity contribution < 1.29 is 4.74 Å². The minimum Gasteiger partial charge on any atom is -0.486 e. The lowest BCUT2D eigenvalue weighted by molar-refractivity contribution is 0.183. The second kappa shape index (κ2) is 8.93. The van der Waals surface area contributed by atoms with E-state index in [2.05, 4.69) is 26.5 Å². The van der Waals surface area contributed by atoms with E-state index in [1.54, 1.807) is 35.5 Å². The van der Waals surface area contributed by atoms with Gasteiger partial charge in [0, 0.05) is 30.2 Å². The first-order valence-electron chi connectivity index (χ1n) is 10.7. The lowest BCUT2D eigenvalue weighted by Gasteiger charge is -2.27. The Morgan fingerprint density at radius 1 is 1.18 bits per heavy atom. The molecule has 0 aliphatic heterocycles. The monoisotopic (exact) mass is 435 g/mol. The van der Waals surface area contributed by atoms with Gasteiger partial charge in [-0.15, -0.1) is 0 Å². The Morgan fingerprint density at radius 2 is 2.06 bits per heavy atom. The summed E-state index contributed by atoms with van der Waals surface area (Å²) in [6.07, 6.45) is 10.9. The fraction of sp³-hybridized carbons (Fsp3) is 0.160. The molecule has 0 saturated heterocycles. The highest BCUT2D eigenvalue weighted by Gasteiger charge is 2.22. The molecule has 2 heterocycles. The van der Waals surface area contributed by atoms with Gasteiger partial charge in [0.1, 0.15) is 11.9 Å². The highest BCUT2D eigenvalue weighted by atomic mass is 16.5. The number of hydrogen-bond donors (Lipinski definition) is 2.